The molecule has 0 radical (unpaired) electrons. The van der Waals surface area contributed by atoms with Crippen LogP contribution < -0.4 is 0 Å². The molecule has 0 amide bonds. The Balaban J connectivity index is 2.76. The molecule has 0 aromatic rings. The second-order valence-electron chi connectivity index (χ2n) is 3.66. The van der Waals surface area contributed by atoms with E-state index in [-0.39, 0.29) is 0 Å². The van der Waals surface area contributed by atoms with Gasteiger partial charge in [0.1, 0.15) is 0 Å². The SMILES string of the molecule is CCCCCCCC[SiH2][SiH2][SiH2]SS. The first-order chi connectivity index (χ1) is 6.41. The van der Waals surface area contributed by atoms with Gasteiger partial charge in [-0.15, -0.1) is 21.9 Å². The molecule has 0 aliphatic rings. The van der Waals surface area contributed by atoms with E-state index in [2.05, 4.69) is 18.6 Å². The molecule has 0 nitrogen and oxygen atoms in total. The van der Waals surface area contributed by atoms with Crippen LogP contribution in [0.1, 0.15) is 45.4 Å². The van der Waals surface area contributed by atoms with Gasteiger partial charge in [0, 0.05) is 17.6 Å². The van der Waals surface area contributed by atoms with Crippen molar-refractivity contribution in [1.82, 2.24) is 0 Å². The largest absolute Gasteiger partial charge is 0.137 e. The van der Waals surface area contributed by atoms with Crippen molar-refractivity contribution in [1.29, 1.82) is 0 Å². The lowest BCUT2D eigenvalue weighted by Gasteiger charge is -1.99. The van der Waals surface area contributed by atoms with Crippen LogP contribution in [0.3, 0.4) is 0 Å². The zero-order valence-electron chi connectivity index (χ0n) is 8.93. The van der Waals surface area contributed by atoms with Gasteiger partial charge in [-0.2, -0.15) is 0 Å². The number of hydrogen-bond acceptors (Lipinski definition) is 2. The molecular weight excluding hydrogens is 244 g/mol. The summed E-state index contributed by atoms with van der Waals surface area (Å²) in [6.07, 6.45) is 8.91. The molecule has 0 saturated heterocycles. The zero-order chi connectivity index (χ0) is 9.78. The standard InChI is InChI=1S/C8H24S2Si3/c1-2-3-4-5-6-7-8-11-13-12-10-9/h9H,2-8,11-13H2,1H3. The third-order valence-electron chi connectivity index (χ3n) is 2.34. The Morgan fingerprint density at radius 3 is 2.46 bits per heavy atom. The maximum absolute atomic E-state index is 4.24. The van der Waals surface area contributed by atoms with Crippen molar-refractivity contribution in [3.63, 3.8) is 0 Å². The number of thiol groups is 1. The molecule has 0 heterocycles. The highest BCUT2D eigenvalue weighted by atomic mass is 33.2. The quantitative estimate of drug-likeness (QED) is 0.272. The van der Waals surface area contributed by atoms with Crippen LogP contribution in [0.15, 0.2) is 0 Å². The Morgan fingerprint density at radius 2 is 1.77 bits per heavy atom. The van der Waals surface area contributed by atoms with E-state index in [4.69, 9.17) is 0 Å². The van der Waals surface area contributed by atoms with Gasteiger partial charge in [-0.25, -0.2) is 0 Å². The molecule has 0 aliphatic heterocycles. The number of unbranched alkanes of at least 4 members (excludes halogenated alkanes) is 5. The average Bonchev–Trinajstić information content (AvgIpc) is 2.16. The van der Waals surface area contributed by atoms with Crippen LogP contribution in [0.4, 0.5) is 0 Å². The summed E-state index contributed by atoms with van der Waals surface area (Å²) in [6, 6.07) is 1.67. The van der Waals surface area contributed by atoms with Gasteiger partial charge in [-0.1, -0.05) is 51.5 Å². The van der Waals surface area contributed by atoms with E-state index in [9.17, 15) is 0 Å². The maximum atomic E-state index is 4.24. The predicted molar refractivity (Wildman–Crippen MR) is 80.4 cm³/mol. The highest BCUT2D eigenvalue weighted by molar-refractivity contribution is 8.80. The number of hydrogen-bond donors (Lipinski definition) is 1. The first-order valence-corrected chi connectivity index (χ1v) is 18.4. The number of rotatable bonds is 10. The van der Waals surface area contributed by atoms with E-state index in [1.54, 1.807) is 12.5 Å². The molecule has 0 rings (SSSR count). The van der Waals surface area contributed by atoms with Crippen molar-refractivity contribution in [2.24, 2.45) is 0 Å². The minimum atomic E-state index is 0.356. The fourth-order valence-electron chi connectivity index (χ4n) is 1.48. The molecule has 0 aromatic carbocycles. The van der Waals surface area contributed by atoms with Crippen LogP contribution in [0.25, 0.3) is 0 Å². The van der Waals surface area contributed by atoms with E-state index in [0.29, 0.717) is 25.8 Å². The molecule has 5 heteroatoms. The van der Waals surface area contributed by atoms with Crippen LogP contribution in [0, 0.1) is 0 Å². The summed E-state index contributed by atoms with van der Waals surface area (Å²) in [5, 5.41) is 0. The molecule has 0 aromatic heterocycles. The van der Waals surface area contributed by atoms with Crippen molar-refractivity contribution in [3.05, 3.63) is 0 Å². The Hall–Kier alpha value is 1.35. The average molecular weight is 269 g/mol. The van der Waals surface area contributed by atoms with E-state index in [1.807, 2.05) is 10.2 Å². The van der Waals surface area contributed by atoms with E-state index < -0.39 is 0 Å². The molecule has 0 bridgehead atoms. The minimum Gasteiger partial charge on any atom is -0.137 e. The van der Waals surface area contributed by atoms with Crippen LogP contribution in [-0.2, 0) is 0 Å². The van der Waals surface area contributed by atoms with Gasteiger partial charge < -0.3 is 0 Å². The molecular formula is C8H24S2Si3. The van der Waals surface area contributed by atoms with Gasteiger partial charge in [0.25, 0.3) is 0 Å². The van der Waals surface area contributed by atoms with Crippen molar-refractivity contribution in [3.8, 4) is 0 Å². The lowest BCUT2D eigenvalue weighted by Crippen LogP contribution is -2.08. The zero-order valence-corrected chi connectivity index (χ0v) is 14.9. The lowest BCUT2D eigenvalue weighted by atomic mass is 10.1. The summed E-state index contributed by atoms with van der Waals surface area (Å²) in [6.45, 7) is 2.29. The van der Waals surface area contributed by atoms with Crippen LogP contribution in [-0.4, -0.2) is 25.8 Å². The molecule has 0 aliphatic carbocycles. The second kappa shape index (κ2) is 13.4. The Labute approximate surface area is 98.9 Å². The van der Waals surface area contributed by atoms with Gasteiger partial charge in [0.2, 0.25) is 0 Å². The Kier molecular flexibility index (Phi) is 14.7. The Bertz CT molecular complexity index is 83.5. The van der Waals surface area contributed by atoms with Gasteiger partial charge in [-0.05, 0) is 0 Å². The third kappa shape index (κ3) is 13.4. The molecule has 0 unspecified atom stereocenters. The van der Waals surface area contributed by atoms with Crippen LogP contribution >= 0.6 is 21.9 Å². The molecule has 13 heavy (non-hydrogen) atoms. The summed E-state index contributed by atoms with van der Waals surface area (Å²) in [5.74, 6) is 0. The van der Waals surface area contributed by atoms with Crippen molar-refractivity contribution in [2.75, 3.05) is 0 Å². The summed E-state index contributed by atoms with van der Waals surface area (Å²) >= 11 is 4.24. The summed E-state index contributed by atoms with van der Waals surface area (Å²) in [7, 11) is 3.29. The van der Waals surface area contributed by atoms with Crippen LogP contribution in [0.2, 0.25) is 6.04 Å². The van der Waals surface area contributed by atoms with Crippen LogP contribution in [0.5, 0.6) is 0 Å². The smallest absolute Gasteiger partial charge is 0.0820 e. The molecule has 0 N–H and O–H groups in total. The summed E-state index contributed by atoms with van der Waals surface area (Å²) in [5.41, 5.74) is 0. The van der Waals surface area contributed by atoms with Gasteiger partial charge in [0.05, 0.1) is 8.19 Å². The van der Waals surface area contributed by atoms with Crippen molar-refractivity contribution in [2.45, 2.75) is 51.5 Å². The van der Waals surface area contributed by atoms with Gasteiger partial charge >= 0.3 is 0 Å². The van der Waals surface area contributed by atoms with E-state index in [1.165, 1.54) is 32.1 Å². The highest BCUT2D eigenvalue weighted by Crippen LogP contribution is 2.06. The lowest BCUT2D eigenvalue weighted by molar-refractivity contribution is 0.624. The summed E-state index contributed by atoms with van der Waals surface area (Å²) < 4.78 is 0. The third-order valence-corrected chi connectivity index (χ3v) is 30.2. The fourth-order valence-corrected chi connectivity index (χ4v) is 31.6. The first kappa shape index (κ1) is 14.4. The molecule has 0 fully saturated rings. The van der Waals surface area contributed by atoms with E-state index in [0.717, 1.165) is 0 Å². The predicted octanol–water partition coefficient (Wildman–Crippen LogP) is 1.59. The summed E-state index contributed by atoms with van der Waals surface area (Å²) in [4.78, 5) is 0. The van der Waals surface area contributed by atoms with Gasteiger partial charge in [0.15, 0.2) is 0 Å². The molecule has 80 valence electrons. The normalized spacial score (nSPS) is 13.4. The fraction of sp³-hybridized carbons (Fsp3) is 1.00. The highest BCUT2D eigenvalue weighted by Gasteiger charge is 1.92. The topological polar surface area (TPSA) is 0 Å². The molecule has 0 saturated carbocycles. The molecule has 0 spiro atoms. The van der Waals surface area contributed by atoms with Crippen molar-refractivity contribution < 1.29 is 0 Å². The Morgan fingerprint density at radius 1 is 1.08 bits per heavy atom. The van der Waals surface area contributed by atoms with Gasteiger partial charge in [-0.3, -0.25) is 0 Å². The monoisotopic (exact) mass is 268 g/mol. The minimum absolute atomic E-state index is 0.356. The molecule has 0 atom stereocenters. The first-order valence-electron chi connectivity index (χ1n) is 5.68. The van der Waals surface area contributed by atoms with E-state index >= 15 is 0 Å². The van der Waals surface area contributed by atoms with Crippen molar-refractivity contribution >= 4 is 47.7 Å². The second-order valence-corrected chi connectivity index (χ2v) is 25.1. The maximum Gasteiger partial charge on any atom is 0.0820 e.